The molecule has 0 heterocycles. The largest absolute Gasteiger partial charge is 0.390 e. The summed E-state index contributed by atoms with van der Waals surface area (Å²) in [6.45, 7) is 0.381. The van der Waals surface area contributed by atoms with Gasteiger partial charge in [0.2, 0.25) is 12.2 Å². The Kier molecular flexibility index (Phi) is 7.47. The number of aldehydes is 1. The van der Waals surface area contributed by atoms with Crippen molar-refractivity contribution >= 4 is 24.3 Å². The minimum Gasteiger partial charge on any atom is -0.390 e. The molecule has 0 aliphatic rings. The van der Waals surface area contributed by atoms with Crippen LogP contribution in [0.25, 0.3) is 0 Å². The van der Waals surface area contributed by atoms with Crippen molar-refractivity contribution in [3.05, 3.63) is 12.3 Å². The molecular formula is C9H13N3O3. The van der Waals surface area contributed by atoms with E-state index < -0.39 is 11.8 Å². The van der Waals surface area contributed by atoms with Crippen LogP contribution in [0.15, 0.2) is 17.3 Å². The van der Waals surface area contributed by atoms with Crippen molar-refractivity contribution in [3.63, 3.8) is 0 Å². The van der Waals surface area contributed by atoms with E-state index in [1.807, 2.05) is 5.32 Å². The third-order valence-corrected chi connectivity index (χ3v) is 1.32. The summed E-state index contributed by atoms with van der Waals surface area (Å²) in [5.41, 5.74) is 0. The number of amides is 2. The predicted molar refractivity (Wildman–Crippen MR) is 55.4 cm³/mol. The quantitative estimate of drug-likeness (QED) is 0.256. The lowest BCUT2D eigenvalue weighted by atomic mass is 10.4. The Morgan fingerprint density at radius 2 is 2.13 bits per heavy atom. The number of rotatable bonds is 6. The fourth-order valence-corrected chi connectivity index (χ4v) is 0.696. The molecule has 0 aromatic rings. The topological polar surface area (TPSA) is 87.6 Å². The Balaban J connectivity index is 3.55. The molecule has 6 nitrogen and oxygen atoms in total. The number of imide groups is 1. The first-order chi connectivity index (χ1) is 7.20. The minimum absolute atomic E-state index is 0.0585. The van der Waals surface area contributed by atoms with Crippen LogP contribution in [0, 0.1) is 0 Å². The Bertz CT molecular complexity index is 284. The molecule has 0 radical (unpaired) electrons. The second-order valence-corrected chi connectivity index (χ2v) is 2.50. The normalized spacial score (nSPS) is 10.5. The van der Waals surface area contributed by atoms with Gasteiger partial charge in [0.15, 0.2) is 0 Å². The number of nitrogens with one attached hydrogen (secondary N) is 2. The van der Waals surface area contributed by atoms with Crippen LogP contribution >= 0.6 is 0 Å². The maximum absolute atomic E-state index is 10.9. The molecule has 0 aromatic carbocycles. The highest BCUT2D eigenvalue weighted by molar-refractivity contribution is 6.27. The van der Waals surface area contributed by atoms with Crippen LogP contribution in [0.2, 0.25) is 0 Å². The minimum atomic E-state index is -0.923. The number of nitrogens with zero attached hydrogens (tertiary/aromatic N) is 1. The Labute approximate surface area is 87.4 Å². The number of aliphatic imine (C=N–C) groups is 1. The lowest BCUT2D eigenvalue weighted by molar-refractivity contribution is -0.136. The molecule has 82 valence electrons. The molecule has 0 fully saturated rings. The summed E-state index contributed by atoms with van der Waals surface area (Å²) in [4.78, 5) is 35.0. The van der Waals surface area contributed by atoms with E-state index in [-0.39, 0.29) is 12.7 Å². The van der Waals surface area contributed by atoms with Gasteiger partial charge in [-0.05, 0) is 12.3 Å². The predicted octanol–water partition coefficient (Wildman–Crippen LogP) is -0.978. The molecule has 2 N–H and O–H groups in total. The molecule has 0 unspecified atom stereocenters. The molecule has 0 aliphatic carbocycles. The van der Waals surface area contributed by atoms with Gasteiger partial charge in [0.25, 0.3) is 5.91 Å². The Morgan fingerprint density at radius 1 is 1.40 bits per heavy atom. The van der Waals surface area contributed by atoms with Gasteiger partial charge in [-0.15, -0.1) is 0 Å². The van der Waals surface area contributed by atoms with Crippen LogP contribution in [-0.4, -0.2) is 37.9 Å². The van der Waals surface area contributed by atoms with Crippen LogP contribution in [0.3, 0.4) is 0 Å². The number of hydrogen-bond donors (Lipinski definition) is 2. The van der Waals surface area contributed by atoms with Crippen LogP contribution < -0.4 is 10.6 Å². The van der Waals surface area contributed by atoms with Gasteiger partial charge in [0.1, 0.15) is 0 Å². The van der Waals surface area contributed by atoms with Gasteiger partial charge in [-0.25, -0.2) is 0 Å². The molecular weight excluding hydrogens is 198 g/mol. The van der Waals surface area contributed by atoms with Crippen LogP contribution in [-0.2, 0) is 14.4 Å². The fraction of sp³-hybridized carbons (Fsp3) is 0.333. The van der Waals surface area contributed by atoms with E-state index in [4.69, 9.17) is 0 Å². The fourth-order valence-electron chi connectivity index (χ4n) is 0.696. The summed E-state index contributed by atoms with van der Waals surface area (Å²) < 4.78 is 0. The first-order valence-corrected chi connectivity index (χ1v) is 4.30. The second kappa shape index (κ2) is 8.61. The Morgan fingerprint density at radius 3 is 2.73 bits per heavy atom. The van der Waals surface area contributed by atoms with Crippen molar-refractivity contribution < 1.29 is 14.4 Å². The number of hydrogen-bond acceptors (Lipinski definition) is 5. The second-order valence-electron chi connectivity index (χ2n) is 2.50. The summed E-state index contributed by atoms with van der Waals surface area (Å²) in [7, 11) is 1.64. The Hall–Kier alpha value is -1.98. The van der Waals surface area contributed by atoms with E-state index in [1.54, 1.807) is 25.5 Å². The van der Waals surface area contributed by atoms with Gasteiger partial charge in [-0.1, -0.05) is 0 Å². The van der Waals surface area contributed by atoms with Gasteiger partial charge in [-0.2, -0.15) is 0 Å². The van der Waals surface area contributed by atoms with E-state index in [0.717, 1.165) is 0 Å². The maximum Gasteiger partial charge on any atom is 0.290 e. The molecule has 0 spiro atoms. The molecule has 0 saturated carbocycles. The van der Waals surface area contributed by atoms with Crippen molar-refractivity contribution in [1.29, 1.82) is 0 Å². The monoisotopic (exact) mass is 211 g/mol. The van der Waals surface area contributed by atoms with Crippen molar-refractivity contribution in [2.24, 2.45) is 4.99 Å². The molecule has 0 aromatic heterocycles. The van der Waals surface area contributed by atoms with Gasteiger partial charge in [-0.3, -0.25) is 24.7 Å². The standard InChI is InChI=1S/C9H13N3O3/c1-10-4-2-5-11-6-3-8(14)12-9(15)7-13/h2,4-5,7,11H,3,6H2,1H3,(H,12,14,15)/b5-2-,10-4-. The molecule has 0 aliphatic heterocycles. The molecule has 0 saturated heterocycles. The lowest BCUT2D eigenvalue weighted by Gasteiger charge is -1.99. The molecule has 0 bridgehead atoms. The van der Waals surface area contributed by atoms with E-state index in [0.29, 0.717) is 6.54 Å². The van der Waals surface area contributed by atoms with Crippen molar-refractivity contribution in [3.8, 4) is 0 Å². The highest BCUT2D eigenvalue weighted by Crippen LogP contribution is 1.77. The van der Waals surface area contributed by atoms with Crippen molar-refractivity contribution in [1.82, 2.24) is 10.6 Å². The van der Waals surface area contributed by atoms with Crippen LogP contribution in [0.5, 0.6) is 0 Å². The third kappa shape index (κ3) is 8.35. The van der Waals surface area contributed by atoms with E-state index >= 15 is 0 Å². The van der Waals surface area contributed by atoms with Gasteiger partial charge < -0.3 is 5.32 Å². The number of carbonyl (C=O) groups is 3. The van der Waals surface area contributed by atoms with Gasteiger partial charge in [0, 0.05) is 26.2 Å². The summed E-state index contributed by atoms with van der Waals surface area (Å²) in [6, 6.07) is 0. The number of allylic oxidation sites excluding steroid dienone is 1. The smallest absolute Gasteiger partial charge is 0.290 e. The van der Waals surface area contributed by atoms with Gasteiger partial charge >= 0.3 is 0 Å². The average molecular weight is 211 g/mol. The van der Waals surface area contributed by atoms with E-state index in [2.05, 4.69) is 10.3 Å². The molecule has 0 atom stereocenters. The maximum atomic E-state index is 10.9. The number of carbonyl (C=O) groups excluding carboxylic acids is 3. The van der Waals surface area contributed by atoms with Gasteiger partial charge in [0.05, 0.1) is 0 Å². The zero-order valence-electron chi connectivity index (χ0n) is 8.40. The summed E-state index contributed by atoms with van der Waals surface area (Å²) in [5.74, 6) is -1.41. The molecule has 2 amide bonds. The van der Waals surface area contributed by atoms with Crippen LogP contribution in [0.1, 0.15) is 6.42 Å². The van der Waals surface area contributed by atoms with Crippen molar-refractivity contribution in [2.75, 3.05) is 13.6 Å². The molecule has 6 heteroatoms. The van der Waals surface area contributed by atoms with E-state index in [1.165, 1.54) is 0 Å². The summed E-state index contributed by atoms with van der Waals surface area (Å²) in [6.07, 6.45) is 5.06. The average Bonchev–Trinajstić information content (AvgIpc) is 2.23. The van der Waals surface area contributed by atoms with E-state index in [9.17, 15) is 14.4 Å². The summed E-state index contributed by atoms with van der Waals surface area (Å²) >= 11 is 0. The first kappa shape index (κ1) is 13.0. The highest BCUT2D eigenvalue weighted by atomic mass is 16.2. The SMILES string of the molecule is C/N=C\C=C/NCCC(=O)NC(=O)C=O. The third-order valence-electron chi connectivity index (χ3n) is 1.32. The van der Waals surface area contributed by atoms with Crippen molar-refractivity contribution in [2.45, 2.75) is 6.42 Å². The summed E-state index contributed by atoms with van der Waals surface area (Å²) in [5, 5.41) is 4.71. The van der Waals surface area contributed by atoms with Crippen LogP contribution in [0.4, 0.5) is 0 Å². The first-order valence-electron chi connectivity index (χ1n) is 4.30. The molecule has 0 rings (SSSR count). The molecule has 15 heavy (non-hydrogen) atoms. The zero-order chi connectivity index (χ0) is 11.5. The zero-order valence-corrected chi connectivity index (χ0v) is 8.40. The lowest BCUT2D eigenvalue weighted by Crippen LogP contribution is -2.32. The highest BCUT2D eigenvalue weighted by Gasteiger charge is 2.04.